The number of carbonyl (C=O) groups excluding carboxylic acids is 1. The van der Waals surface area contributed by atoms with E-state index in [4.69, 9.17) is 0 Å². The molecule has 0 aliphatic carbocycles. The van der Waals surface area contributed by atoms with Crippen molar-refractivity contribution in [2.75, 3.05) is 0 Å². The Labute approximate surface area is 104 Å². The Balaban J connectivity index is 2.72. The van der Waals surface area contributed by atoms with E-state index in [2.05, 4.69) is 15.9 Å². The smallest absolute Gasteiger partial charge is 0.146 e. The molecule has 1 atom stereocenters. The maximum atomic E-state index is 13.0. The molecule has 0 radical (unpaired) electrons. The van der Waals surface area contributed by atoms with E-state index in [1.54, 1.807) is 6.07 Å². The first-order chi connectivity index (χ1) is 7.54. The van der Waals surface area contributed by atoms with Gasteiger partial charge >= 0.3 is 0 Å². The Morgan fingerprint density at radius 3 is 2.81 bits per heavy atom. The summed E-state index contributed by atoms with van der Waals surface area (Å²) >= 11 is 3.37. The van der Waals surface area contributed by atoms with Crippen LogP contribution in [0.25, 0.3) is 0 Å². The minimum absolute atomic E-state index is 0.186. The number of aryl methyl sites for hydroxylation is 1. The van der Waals surface area contributed by atoms with Crippen LogP contribution in [0.4, 0.5) is 4.39 Å². The van der Waals surface area contributed by atoms with E-state index in [9.17, 15) is 9.18 Å². The van der Waals surface area contributed by atoms with E-state index in [0.29, 0.717) is 12.8 Å². The molecule has 1 aromatic carbocycles. The predicted molar refractivity (Wildman–Crippen MR) is 67.5 cm³/mol. The van der Waals surface area contributed by atoms with Gasteiger partial charge in [-0.3, -0.25) is 4.79 Å². The average Bonchev–Trinajstić information content (AvgIpc) is 2.23. The van der Waals surface area contributed by atoms with Crippen molar-refractivity contribution in [2.45, 2.75) is 37.9 Å². The van der Waals surface area contributed by atoms with Gasteiger partial charge in [-0.1, -0.05) is 28.9 Å². The van der Waals surface area contributed by atoms with Crippen molar-refractivity contribution >= 4 is 21.7 Å². The first kappa shape index (κ1) is 13.4. The molecule has 0 saturated heterocycles. The molecular formula is C13H16BrFO. The van der Waals surface area contributed by atoms with Crippen LogP contribution in [0, 0.1) is 12.7 Å². The molecule has 0 amide bonds. The number of ketones is 1. The van der Waals surface area contributed by atoms with Crippen LogP contribution in [0.3, 0.4) is 0 Å². The summed E-state index contributed by atoms with van der Waals surface area (Å²) in [5.41, 5.74) is 1.92. The topological polar surface area (TPSA) is 17.1 Å². The van der Waals surface area contributed by atoms with Gasteiger partial charge in [0.25, 0.3) is 0 Å². The summed E-state index contributed by atoms with van der Waals surface area (Å²) in [6, 6.07) is 4.69. The third-order valence-electron chi connectivity index (χ3n) is 2.56. The van der Waals surface area contributed by atoms with Crippen molar-refractivity contribution < 1.29 is 9.18 Å². The third kappa shape index (κ3) is 3.71. The van der Waals surface area contributed by atoms with Gasteiger partial charge in [0.15, 0.2) is 0 Å². The zero-order valence-corrected chi connectivity index (χ0v) is 11.2. The highest BCUT2D eigenvalue weighted by atomic mass is 79.9. The van der Waals surface area contributed by atoms with Gasteiger partial charge in [0, 0.05) is 6.42 Å². The second kappa shape index (κ2) is 6.14. The van der Waals surface area contributed by atoms with E-state index in [-0.39, 0.29) is 16.4 Å². The lowest BCUT2D eigenvalue weighted by Crippen LogP contribution is -2.16. The SMILES string of the molecule is CCCC(=O)C(Br)Cc1cc(F)ccc1C. The average molecular weight is 287 g/mol. The fourth-order valence-electron chi connectivity index (χ4n) is 1.57. The van der Waals surface area contributed by atoms with Gasteiger partial charge in [0.05, 0.1) is 4.83 Å². The van der Waals surface area contributed by atoms with Crippen molar-refractivity contribution in [3.8, 4) is 0 Å². The van der Waals surface area contributed by atoms with Crippen LogP contribution in [0.15, 0.2) is 18.2 Å². The summed E-state index contributed by atoms with van der Waals surface area (Å²) < 4.78 is 13.0. The highest BCUT2D eigenvalue weighted by Crippen LogP contribution is 2.17. The molecule has 1 nitrogen and oxygen atoms in total. The lowest BCUT2D eigenvalue weighted by Gasteiger charge is -2.10. The van der Waals surface area contributed by atoms with Crippen molar-refractivity contribution in [1.29, 1.82) is 0 Å². The van der Waals surface area contributed by atoms with Gasteiger partial charge < -0.3 is 0 Å². The Hall–Kier alpha value is -0.700. The van der Waals surface area contributed by atoms with Crippen LogP contribution in [0.2, 0.25) is 0 Å². The second-order valence-electron chi connectivity index (χ2n) is 3.96. The van der Waals surface area contributed by atoms with E-state index in [0.717, 1.165) is 17.5 Å². The summed E-state index contributed by atoms with van der Waals surface area (Å²) in [6.07, 6.45) is 1.98. The minimum atomic E-state index is -0.247. The number of hydrogen-bond donors (Lipinski definition) is 0. The number of halogens is 2. The second-order valence-corrected chi connectivity index (χ2v) is 5.06. The molecule has 1 aromatic rings. The van der Waals surface area contributed by atoms with Crippen molar-refractivity contribution in [3.05, 3.63) is 35.1 Å². The number of carbonyl (C=O) groups is 1. The van der Waals surface area contributed by atoms with E-state index >= 15 is 0 Å². The largest absolute Gasteiger partial charge is 0.298 e. The maximum Gasteiger partial charge on any atom is 0.146 e. The Morgan fingerprint density at radius 2 is 2.19 bits per heavy atom. The van der Waals surface area contributed by atoms with Crippen molar-refractivity contribution in [2.24, 2.45) is 0 Å². The van der Waals surface area contributed by atoms with Crippen molar-refractivity contribution in [3.63, 3.8) is 0 Å². The van der Waals surface area contributed by atoms with Gasteiger partial charge in [0.2, 0.25) is 0 Å². The highest BCUT2D eigenvalue weighted by Gasteiger charge is 2.15. The minimum Gasteiger partial charge on any atom is -0.298 e. The van der Waals surface area contributed by atoms with Crippen LogP contribution in [-0.2, 0) is 11.2 Å². The molecule has 0 aromatic heterocycles. The maximum absolute atomic E-state index is 13.0. The quantitative estimate of drug-likeness (QED) is 0.753. The normalized spacial score (nSPS) is 12.5. The number of alkyl halides is 1. The number of hydrogen-bond acceptors (Lipinski definition) is 1. The Bertz CT molecular complexity index is 376. The molecule has 3 heteroatoms. The zero-order valence-electron chi connectivity index (χ0n) is 9.59. The van der Waals surface area contributed by atoms with E-state index in [1.807, 2.05) is 13.8 Å². The summed E-state index contributed by atoms with van der Waals surface area (Å²) in [4.78, 5) is 11.4. The molecule has 0 heterocycles. The number of benzene rings is 1. The molecule has 0 aliphatic heterocycles. The standard InChI is InChI=1S/C13H16BrFO/c1-3-4-13(16)12(14)8-10-7-11(15)6-5-9(10)2/h5-7,12H,3-4,8H2,1-2H3. The first-order valence-electron chi connectivity index (χ1n) is 5.46. The third-order valence-corrected chi connectivity index (χ3v) is 3.39. The molecule has 0 fully saturated rings. The summed E-state index contributed by atoms with van der Waals surface area (Å²) in [6.45, 7) is 3.91. The molecule has 88 valence electrons. The monoisotopic (exact) mass is 286 g/mol. The summed E-state index contributed by atoms with van der Waals surface area (Å²) in [5, 5.41) is 0. The molecule has 0 bridgehead atoms. The Morgan fingerprint density at radius 1 is 1.50 bits per heavy atom. The number of rotatable bonds is 5. The summed E-state index contributed by atoms with van der Waals surface area (Å²) in [5.74, 6) is -0.0607. The fraction of sp³-hybridized carbons (Fsp3) is 0.462. The van der Waals surface area contributed by atoms with Crippen LogP contribution in [0.5, 0.6) is 0 Å². The van der Waals surface area contributed by atoms with Gasteiger partial charge in [-0.15, -0.1) is 0 Å². The molecule has 0 aliphatic rings. The van der Waals surface area contributed by atoms with Crippen LogP contribution < -0.4 is 0 Å². The highest BCUT2D eigenvalue weighted by molar-refractivity contribution is 9.10. The molecule has 1 rings (SSSR count). The van der Waals surface area contributed by atoms with Crippen LogP contribution >= 0.6 is 15.9 Å². The van der Waals surface area contributed by atoms with Gasteiger partial charge in [-0.05, 0) is 43.0 Å². The molecular weight excluding hydrogens is 271 g/mol. The number of Topliss-reactive ketones (excluding diaryl/α,β-unsaturated/α-hetero) is 1. The van der Waals surface area contributed by atoms with Gasteiger partial charge in [-0.25, -0.2) is 4.39 Å². The van der Waals surface area contributed by atoms with Crippen LogP contribution in [0.1, 0.15) is 30.9 Å². The molecule has 1 unspecified atom stereocenters. The lowest BCUT2D eigenvalue weighted by molar-refractivity contribution is -0.118. The molecule has 0 spiro atoms. The first-order valence-corrected chi connectivity index (χ1v) is 6.38. The van der Waals surface area contributed by atoms with E-state index < -0.39 is 0 Å². The van der Waals surface area contributed by atoms with Crippen molar-refractivity contribution in [1.82, 2.24) is 0 Å². The molecule has 16 heavy (non-hydrogen) atoms. The van der Waals surface area contributed by atoms with E-state index in [1.165, 1.54) is 12.1 Å². The molecule has 0 N–H and O–H groups in total. The Kier molecular flexibility index (Phi) is 5.13. The lowest BCUT2D eigenvalue weighted by atomic mass is 10.0. The predicted octanol–water partition coefficient (Wildman–Crippen LogP) is 3.81. The zero-order chi connectivity index (χ0) is 12.1. The van der Waals surface area contributed by atoms with Gasteiger partial charge in [0.1, 0.15) is 11.6 Å². The van der Waals surface area contributed by atoms with Gasteiger partial charge in [-0.2, -0.15) is 0 Å². The molecule has 0 saturated carbocycles. The summed E-state index contributed by atoms with van der Waals surface area (Å²) in [7, 11) is 0. The van der Waals surface area contributed by atoms with Crippen LogP contribution in [-0.4, -0.2) is 10.6 Å². The fourth-order valence-corrected chi connectivity index (χ4v) is 2.15.